The molecular formula is C11H16O4. The van der Waals surface area contributed by atoms with Crippen molar-refractivity contribution in [1.82, 2.24) is 0 Å². The molecule has 0 aliphatic heterocycles. The van der Waals surface area contributed by atoms with Crippen molar-refractivity contribution in [2.45, 2.75) is 32.6 Å². The average molecular weight is 212 g/mol. The minimum atomic E-state index is -0.899. The first-order valence-corrected chi connectivity index (χ1v) is 4.89. The lowest BCUT2D eigenvalue weighted by Gasteiger charge is -1.96. The molecule has 0 aromatic rings. The smallest absolute Gasteiger partial charge is 0.310 e. The molecule has 0 heterocycles. The van der Waals surface area contributed by atoms with Gasteiger partial charge in [-0.2, -0.15) is 0 Å². The lowest BCUT2D eigenvalue weighted by atomic mass is 10.2. The van der Waals surface area contributed by atoms with E-state index in [0.717, 1.165) is 6.42 Å². The third kappa shape index (κ3) is 10.3. The highest BCUT2D eigenvalue weighted by Crippen LogP contribution is 1.98. The monoisotopic (exact) mass is 212 g/mol. The standard InChI is InChI=1S/C11H16O4/c1-2-3-4-5-9-15-11(14)8-6-7-10(12)13/h3-5,9H,2,6-8H2,1H3,(H,12,13). The Morgan fingerprint density at radius 3 is 2.60 bits per heavy atom. The maximum atomic E-state index is 11.0. The molecule has 0 radical (unpaired) electrons. The first kappa shape index (κ1) is 13.4. The second-order valence-corrected chi connectivity index (χ2v) is 2.90. The van der Waals surface area contributed by atoms with Gasteiger partial charge in [0.1, 0.15) is 0 Å². The Hall–Kier alpha value is -1.58. The van der Waals surface area contributed by atoms with Gasteiger partial charge in [0, 0.05) is 12.8 Å². The van der Waals surface area contributed by atoms with Gasteiger partial charge in [-0.05, 0) is 18.9 Å². The van der Waals surface area contributed by atoms with Gasteiger partial charge >= 0.3 is 11.9 Å². The summed E-state index contributed by atoms with van der Waals surface area (Å²) in [6, 6.07) is 0. The van der Waals surface area contributed by atoms with Crippen LogP contribution in [-0.4, -0.2) is 17.0 Å². The van der Waals surface area contributed by atoms with E-state index in [2.05, 4.69) is 0 Å². The largest absolute Gasteiger partial charge is 0.481 e. The number of allylic oxidation sites excluding steroid dienone is 3. The fourth-order valence-electron chi connectivity index (χ4n) is 0.818. The number of ether oxygens (including phenoxy) is 1. The molecule has 0 aromatic carbocycles. The fraction of sp³-hybridized carbons (Fsp3) is 0.455. The molecule has 0 rings (SSSR count). The van der Waals surface area contributed by atoms with Crippen molar-refractivity contribution in [2.24, 2.45) is 0 Å². The van der Waals surface area contributed by atoms with E-state index < -0.39 is 11.9 Å². The van der Waals surface area contributed by atoms with Gasteiger partial charge in [0.2, 0.25) is 0 Å². The van der Waals surface area contributed by atoms with E-state index in [0.29, 0.717) is 6.42 Å². The molecule has 4 heteroatoms. The molecule has 0 aliphatic carbocycles. The van der Waals surface area contributed by atoms with Gasteiger partial charge in [-0.1, -0.05) is 19.1 Å². The maximum Gasteiger partial charge on any atom is 0.310 e. The molecule has 0 aromatic heterocycles. The van der Waals surface area contributed by atoms with Gasteiger partial charge in [0.05, 0.1) is 6.26 Å². The quantitative estimate of drug-likeness (QED) is 0.399. The molecule has 0 saturated heterocycles. The van der Waals surface area contributed by atoms with Crippen molar-refractivity contribution in [1.29, 1.82) is 0 Å². The summed E-state index contributed by atoms with van der Waals surface area (Å²) in [5, 5.41) is 8.32. The molecule has 15 heavy (non-hydrogen) atoms. The molecule has 4 nitrogen and oxygen atoms in total. The number of hydrogen-bond acceptors (Lipinski definition) is 3. The molecule has 0 aliphatic rings. The minimum absolute atomic E-state index is 0.00540. The zero-order chi connectivity index (χ0) is 11.5. The first-order chi connectivity index (χ1) is 7.16. The topological polar surface area (TPSA) is 63.6 Å². The predicted octanol–water partition coefficient (Wildman–Crippen LogP) is 2.26. The zero-order valence-electron chi connectivity index (χ0n) is 8.81. The highest BCUT2D eigenvalue weighted by molar-refractivity contribution is 5.71. The van der Waals surface area contributed by atoms with E-state index in [4.69, 9.17) is 9.84 Å². The number of esters is 1. The van der Waals surface area contributed by atoms with E-state index in [1.165, 1.54) is 6.26 Å². The van der Waals surface area contributed by atoms with Crippen LogP contribution < -0.4 is 0 Å². The van der Waals surface area contributed by atoms with E-state index >= 15 is 0 Å². The fourth-order valence-corrected chi connectivity index (χ4v) is 0.818. The molecular weight excluding hydrogens is 196 g/mol. The summed E-state index contributed by atoms with van der Waals surface area (Å²) in [7, 11) is 0. The van der Waals surface area contributed by atoms with Crippen LogP contribution in [0.3, 0.4) is 0 Å². The second kappa shape index (κ2) is 8.99. The van der Waals surface area contributed by atoms with Gasteiger partial charge < -0.3 is 9.84 Å². The molecule has 0 fully saturated rings. The van der Waals surface area contributed by atoms with Gasteiger partial charge in [-0.3, -0.25) is 9.59 Å². The van der Waals surface area contributed by atoms with Crippen LogP contribution in [0, 0.1) is 0 Å². The molecule has 0 spiro atoms. The van der Waals surface area contributed by atoms with E-state index in [1.54, 1.807) is 12.2 Å². The van der Waals surface area contributed by atoms with Crippen LogP contribution in [0.4, 0.5) is 0 Å². The van der Waals surface area contributed by atoms with Crippen molar-refractivity contribution in [3.8, 4) is 0 Å². The highest BCUT2D eigenvalue weighted by atomic mass is 16.5. The van der Waals surface area contributed by atoms with E-state index in [1.807, 2.05) is 13.0 Å². The number of carbonyl (C=O) groups is 2. The van der Waals surface area contributed by atoms with Gasteiger partial charge in [0.15, 0.2) is 0 Å². The summed E-state index contributed by atoms with van der Waals surface area (Å²) in [5.41, 5.74) is 0. The van der Waals surface area contributed by atoms with Crippen molar-refractivity contribution in [3.05, 3.63) is 24.5 Å². The Bertz CT molecular complexity index is 253. The lowest BCUT2D eigenvalue weighted by molar-refractivity contribution is -0.139. The number of carbonyl (C=O) groups excluding carboxylic acids is 1. The van der Waals surface area contributed by atoms with Gasteiger partial charge in [-0.25, -0.2) is 0 Å². The van der Waals surface area contributed by atoms with Crippen LogP contribution >= 0.6 is 0 Å². The summed E-state index contributed by atoms with van der Waals surface area (Å²) in [4.78, 5) is 21.1. The Kier molecular flexibility index (Phi) is 8.05. The maximum absolute atomic E-state index is 11.0. The highest BCUT2D eigenvalue weighted by Gasteiger charge is 2.02. The Labute approximate surface area is 89.2 Å². The summed E-state index contributed by atoms with van der Waals surface area (Å²) < 4.78 is 4.71. The normalized spacial score (nSPS) is 11.0. The summed E-state index contributed by atoms with van der Waals surface area (Å²) in [5.74, 6) is -1.30. The van der Waals surface area contributed by atoms with Crippen molar-refractivity contribution < 1.29 is 19.4 Å². The summed E-state index contributed by atoms with van der Waals surface area (Å²) in [6.45, 7) is 2.00. The molecule has 84 valence electrons. The summed E-state index contributed by atoms with van der Waals surface area (Å²) >= 11 is 0. The molecule has 0 unspecified atom stereocenters. The number of carboxylic acids is 1. The van der Waals surface area contributed by atoms with Crippen LogP contribution in [0.1, 0.15) is 32.6 Å². The van der Waals surface area contributed by atoms with Crippen LogP contribution in [0.5, 0.6) is 0 Å². The van der Waals surface area contributed by atoms with Gasteiger partial charge in [0.25, 0.3) is 0 Å². The zero-order valence-corrected chi connectivity index (χ0v) is 8.81. The number of aliphatic carboxylic acids is 1. The number of carboxylic acid groups (broad SMARTS) is 1. The van der Waals surface area contributed by atoms with Gasteiger partial charge in [-0.15, -0.1) is 0 Å². The SMILES string of the molecule is CCC=CC=COC(=O)CCCC(=O)O. The average Bonchev–Trinajstić information content (AvgIpc) is 2.17. The molecule has 1 N–H and O–H groups in total. The molecule has 0 atom stereocenters. The Morgan fingerprint density at radius 2 is 2.00 bits per heavy atom. The van der Waals surface area contributed by atoms with Crippen LogP contribution in [-0.2, 0) is 14.3 Å². The van der Waals surface area contributed by atoms with Crippen LogP contribution in [0.15, 0.2) is 24.5 Å². The summed E-state index contributed by atoms with van der Waals surface area (Å²) in [6.07, 6.45) is 8.00. The number of rotatable bonds is 7. The minimum Gasteiger partial charge on any atom is -0.481 e. The van der Waals surface area contributed by atoms with E-state index in [-0.39, 0.29) is 12.8 Å². The second-order valence-electron chi connectivity index (χ2n) is 2.90. The molecule has 0 saturated carbocycles. The van der Waals surface area contributed by atoms with Crippen molar-refractivity contribution in [2.75, 3.05) is 0 Å². The lowest BCUT2D eigenvalue weighted by Crippen LogP contribution is -2.01. The third-order valence-electron chi connectivity index (χ3n) is 1.53. The first-order valence-electron chi connectivity index (χ1n) is 4.89. The Morgan fingerprint density at radius 1 is 1.27 bits per heavy atom. The van der Waals surface area contributed by atoms with Crippen molar-refractivity contribution in [3.63, 3.8) is 0 Å². The number of hydrogen-bond donors (Lipinski definition) is 1. The van der Waals surface area contributed by atoms with Crippen LogP contribution in [0.2, 0.25) is 0 Å². The molecule has 0 bridgehead atoms. The predicted molar refractivity (Wildman–Crippen MR) is 56.1 cm³/mol. The Balaban J connectivity index is 3.53. The van der Waals surface area contributed by atoms with Crippen LogP contribution in [0.25, 0.3) is 0 Å². The third-order valence-corrected chi connectivity index (χ3v) is 1.53. The molecule has 0 amide bonds. The van der Waals surface area contributed by atoms with Crippen molar-refractivity contribution >= 4 is 11.9 Å². The van der Waals surface area contributed by atoms with E-state index in [9.17, 15) is 9.59 Å².